The number of thiophene rings is 1. The monoisotopic (exact) mass is 401 g/mol. The number of aromatic amines is 1. The quantitative estimate of drug-likeness (QED) is 0.355. The van der Waals surface area contributed by atoms with E-state index in [4.69, 9.17) is 0 Å². The third-order valence-corrected chi connectivity index (χ3v) is 6.68. The van der Waals surface area contributed by atoms with E-state index in [1.54, 1.807) is 23.1 Å². The van der Waals surface area contributed by atoms with Crippen LogP contribution in [0.1, 0.15) is 17.1 Å². The molecule has 0 saturated heterocycles. The second-order valence-corrected chi connectivity index (χ2v) is 8.72. The predicted octanol–water partition coefficient (Wildman–Crippen LogP) is 4.34. The largest absolute Gasteiger partial charge is 0.342 e. The number of imidazole rings is 1. The van der Waals surface area contributed by atoms with E-state index in [9.17, 15) is 4.79 Å². The van der Waals surface area contributed by atoms with Crippen molar-refractivity contribution in [3.63, 3.8) is 0 Å². The number of nitrogens with one attached hydrogen (secondary N) is 2. The van der Waals surface area contributed by atoms with E-state index in [-0.39, 0.29) is 5.91 Å². The Hall–Kier alpha value is -2.23. The van der Waals surface area contributed by atoms with Gasteiger partial charge in [-0.2, -0.15) is 0 Å². The van der Waals surface area contributed by atoms with Gasteiger partial charge in [0.05, 0.1) is 11.0 Å². The van der Waals surface area contributed by atoms with Crippen molar-refractivity contribution in [1.29, 1.82) is 0 Å². The molecule has 0 atom stereocenters. The van der Waals surface area contributed by atoms with Crippen LogP contribution in [0.4, 0.5) is 5.13 Å². The molecule has 6 nitrogen and oxygen atoms in total. The molecule has 4 aromatic rings. The number of rotatable bonds is 7. The average Bonchev–Trinajstić information content (AvgIpc) is 3.38. The second-order valence-electron chi connectivity index (χ2n) is 5.49. The van der Waals surface area contributed by atoms with Gasteiger partial charge >= 0.3 is 0 Å². The lowest BCUT2D eigenvalue weighted by molar-refractivity contribution is -0.116. The van der Waals surface area contributed by atoms with Crippen molar-refractivity contribution in [3.8, 4) is 0 Å². The Labute approximate surface area is 162 Å². The van der Waals surface area contributed by atoms with Gasteiger partial charge in [-0.05, 0) is 23.6 Å². The van der Waals surface area contributed by atoms with Gasteiger partial charge in [0.15, 0.2) is 4.34 Å². The third kappa shape index (κ3) is 4.29. The van der Waals surface area contributed by atoms with E-state index < -0.39 is 0 Å². The van der Waals surface area contributed by atoms with E-state index in [1.807, 2.05) is 30.3 Å². The van der Waals surface area contributed by atoms with Gasteiger partial charge in [-0.3, -0.25) is 4.79 Å². The molecular formula is C17H15N5OS3. The molecule has 0 fully saturated rings. The van der Waals surface area contributed by atoms with Crippen molar-refractivity contribution in [2.24, 2.45) is 0 Å². The van der Waals surface area contributed by atoms with Crippen LogP contribution in [0.5, 0.6) is 0 Å². The molecule has 4 rings (SSSR count). The van der Waals surface area contributed by atoms with Crippen molar-refractivity contribution >= 4 is 56.5 Å². The highest BCUT2D eigenvalue weighted by Crippen LogP contribution is 2.29. The number of carbonyl (C=O) groups excluding carboxylic acids is 1. The Morgan fingerprint density at radius 2 is 2.12 bits per heavy atom. The Bertz CT molecular complexity index is 975. The Morgan fingerprint density at radius 3 is 2.96 bits per heavy atom. The fourth-order valence-electron chi connectivity index (χ4n) is 2.38. The summed E-state index contributed by atoms with van der Waals surface area (Å²) in [7, 11) is 0. The molecule has 3 aromatic heterocycles. The summed E-state index contributed by atoms with van der Waals surface area (Å²) in [5.74, 6) is 1.59. The minimum Gasteiger partial charge on any atom is -0.342 e. The Morgan fingerprint density at radius 1 is 1.19 bits per heavy atom. The molecule has 9 heteroatoms. The van der Waals surface area contributed by atoms with E-state index in [0.29, 0.717) is 18.0 Å². The van der Waals surface area contributed by atoms with Gasteiger partial charge in [-0.25, -0.2) is 4.98 Å². The highest BCUT2D eigenvalue weighted by atomic mass is 32.2. The van der Waals surface area contributed by atoms with Crippen molar-refractivity contribution in [2.45, 2.75) is 22.9 Å². The molecule has 1 amide bonds. The first-order valence-electron chi connectivity index (χ1n) is 7.98. The van der Waals surface area contributed by atoms with Gasteiger partial charge in [-0.1, -0.05) is 41.3 Å². The summed E-state index contributed by atoms with van der Waals surface area (Å²) >= 11 is 4.75. The number of amides is 1. The standard InChI is InChI=1S/C17H15N5OS3/c23-15(8-7-14-18-12-5-1-2-6-13(12)19-14)20-16-21-22-17(26-16)25-10-11-4-3-9-24-11/h1-6,9H,7-8,10H2,(H,18,19)(H,20,21,23). The van der Waals surface area contributed by atoms with E-state index in [0.717, 1.165) is 27.0 Å². The number of aryl methyl sites for hydroxylation is 1. The normalized spacial score (nSPS) is 11.1. The van der Waals surface area contributed by atoms with Crippen LogP contribution in [0.2, 0.25) is 0 Å². The lowest BCUT2D eigenvalue weighted by Gasteiger charge is -1.99. The zero-order chi connectivity index (χ0) is 17.8. The van der Waals surface area contributed by atoms with Crippen LogP contribution in [-0.4, -0.2) is 26.1 Å². The van der Waals surface area contributed by atoms with E-state index >= 15 is 0 Å². The molecule has 3 heterocycles. The lowest BCUT2D eigenvalue weighted by atomic mass is 10.3. The fourth-order valence-corrected chi connectivity index (χ4v) is 4.93. The molecule has 0 bridgehead atoms. The molecule has 0 unspecified atom stereocenters. The van der Waals surface area contributed by atoms with Gasteiger partial charge in [0.2, 0.25) is 11.0 Å². The van der Waals surface area contributed by atoms with Crippen LogP contribution >= 0.6 is 34.4 Å². The predicted molar refractivity (Wildman–Crippen MR) is 107 cm³/mol. The number of benzene rings is 1. The van der Waals surface area contributed by atoms with Gasteiger partial charge in [0, 0.05) is 23.5 Å². The van der Waals surface area contributed by atoms with Gasteiger partial charge in [0.1, 0.15) is 5.82 Å². The third-order valence-electron chi connectivity index (χ3n) is 3.60. The molecule has 0 aliphatic carbocycles. The number of H-pyrrole nitrogens is 1. The SMILES string of the molecule is O=C(CCc1nc2ccccc2[nH]1)Nc1nnc(SCc2cccs2)s1. The first-order valence-corrected chi connectivity index (χ1v) is 10.7. The smallest absolute Gasteiger partial charge is 0.226 e. The first kappa shape index (κ1) is 17.2. The van der Waals surface area contributed by atoms with E-state index in [2.05, 4.69) is 36.9 Å². The number of hydrogen-bond acceptors (Lipinski definition) is 7. The minimum atomic E-state index is -0.0867. The van der Waals surface area contributed by atoms with Gasteiger partial charge in [0.25, 0.3) is 0 Å². The molecule has 26 heavy (non-hydrogen) atoms. The molecule has 0 aliphatic heterocycles. The zero-order valence-electron chi connectivity index (χ0n) is 13.6. The molecule has 132 valence electrons. The topological polar surface area (TPSA) is 83.6 Å². The van der Waals surface area contributed by atoms with Crippen LogP contribution in [0, 0.1) is 0 Å². The number of aromatic nitrogens is 4. The summed E-state index contributed by atoms with van der Waals surface area (Å²) < 4.78 is 0.853. The summed E-state index contributed by atoms with van der Waals surface area (Å²) in [6.45, 7) is 0. The maximum atomic E-state index is 12.1. The summed E-state index contributed by atoms with van der Waals surface area (Å²) in [5, 5.41) is 13.6. The molecule has 0 radical (unpaired) electrons. The average molecular weight is 402 g/mol. The second kappa shape index (κ2) is 7.98. The van der Waals surface area contributed by atoms with Crippen molar-refractivity contribution in [2.75, 3.05) is 5.32 Å². The maximum absolute atomic E-state index is 12.1. The number of para-hydroxylation sites is 2. The van der Waals surface area contributed by atoms with E-state index in [1.165, 1.54) is 16.2 Å². The van der Waals surface area contributed by atoms with Gasteiger partial charge in [-0.15, -0.1) is 21.5 Å². The lowest BCUT2D eigenvalue weighted by Crippen LogP contribution is -2.12. The summed E-state index contributed by atoms with van der Waals surface area (Å²) in [5.41, 5.74) is 1.90. The highest BCUT2D eigenvalue weighted by Gasteiger charge is 2.10. The zero-order valence-corrected chi connectivity index (χ0v) is 16.1. The number of hydrogen-bond donors (Lipinski definition) is 2. The Kier molecular flexibility index (Phi) is 5.28. The highest BCUT2D eigenvalue weighted by molar-refractivity contribution is 8.00. The number of nitrogens with zero attached hydrogens (tertiary/aromatic N) is 3. The number of anilines is 1. The molecule has 1 aromatic carbocycles. The summed E-state index contributed by atoms with van der Waals surface area (Å²) in [4.78, 5) is 21.1. The molecular weight excluding hydrogens is 386 g/mol. The number of carbonyl (C=O) groups is 1. The van der Waals surface area contributed by atoms with Crippen LogP contribution < -0.4 is 5.32 Å². The van der Waals surface area contributed by atoms with Crippen molar-refractivity contribution in [1.82, 2.24) is 20.2 Å². The molecule has 0 spiro atoms. The summed E-state index contributed by atoms with van der Waals surface area (Å²) in [6.07, 6.45) is 0.899. The molecule has 0 aliphatic rings. The summed E-state index contributed by atoms with van der Waals surface area (Å²) in [6, 6.07) is 12.0. The van der Waals surface area contributed by atoms with Crippen LogP contribution in [0.3, 0.4) is 0 Å². The number of thioether (sulfide) groups is 1. The maximum Gasteiger partial charge on any atom is 0.226 e. The van der Waals surface area contributed by atoms with Crippen LogP contribution in [-0.2, 0) is 17.0 Å². The minimum absolute atomic E-state index is 0.0867. The molecule has 0 saturated carbocycles. The molecule has 2 N–H and O–H groups in total. The van der Waals surface area contributed by atoms with Crippen LogP contribution in [0.25, 0.3) is 11.0 Å². The Balaban J connectivity index is 1.27. The van der Waals surface area contributed by atoms with Crippen molar-refractivity contribution < 1.29 is 4.79 Å². The number of fused-ring (bicyclic) bond motifs is 1. The van der Waals surface area contributed by atoms with Crippen LogP contribution in [0.15, 0.2) is 46.1 Å². The van der Waals surface area contributed by atoms with Crippen molar-refractivity contribution in [3.05, 3.63) is 52.5 Å². The fraction of sp³-hybridized carbons (Fsp3) is 0.176. The van der Waals surface area contributed by atoms with Gasteiger partial charge < -0.3 is 10.3 Å². The first-order chi connectivity index (χ1) is 12.8.